The first kappa shape index (κ1) is 10.4. The van der Waals surface area contributed by atoms with Gasteiger partial charge in [-0.3, -0.25) is 0 Å². The Morgan fingerprint density at radius 1 is 1.62 bits per heavy atom. The van der Waals surface area contributed by atoms with Gasteiger partial charge in [0.2, 0.25) is 0 Å². The molecule has 1 atom stereocenters. The predicted octanol–water partition coefficient (Wildman–Crippen LogP) is 2.15. The van der Waals surface area contributed by atoms with Crippen LogP contribution in [0.15, 0.2) is 10.2 Å². The SMILES string of the molecule is CCCCC(O)CC1=NN=CCC1. The molecule has 0 amide bonds. The lowest BCUT2D eigenvalue weighted by Gasteiger charge is -2.11. The maximum Gasteiger partial charge on any atom is 0.0593 e. The molecule has 0 aromatic rings. The van der Waals surface area contributed by atoms with Gasteiger partial charge in [-0.2, -0.15) is 10.2 Å². The fraction of sp³-hybridized carbons (Fsp3) is 0.800. The maximum absolute atomic E-state index is 9.60. The summed E-state index contributed by atoms with van der Waals surface area (Å²) in [5, 5.41) is 17.4. The van der Waals surface area contributed by atoms with Crippen molar-refractivity contribution in [2.45, 2.75) is 51.6 Å². The minimum absolute atomic E-state index is 0.216. The number of unbranched alkanes of at least 4 members (excludes halogenated alkanes) is 1. The van der Waals surface area contributed by atoms with Crippen molar-refractivity contribution in [2.75, 3.05) is 0 Å². The Kier molecular flexibility index (Phi) is 4.68. The molecule has 3 heteroatoms. The summed E-state index contributed by atoms with van der Waals surface area (Å²) in [5.41, 5.74) is 1.05. The molecule has 0 saturated heterocycles. The minimum atomic E-state index is -0.216. The van der Waals surface area contributed by atoms with Crippen LogP contribution < -0.4 is 0 Å². The molecule has 0 aliphatic carbocycles. The molecule has 3 nitrogen and oxygen atoms in total. The van der Waals surface area contributed by atoms with E-state index in [0.29, 0.717) is 6.42 Å². The number of hydrogen-bond acceptors (Lipinski definition) is 3. The van der Waals surface area contributed by atoms with Crippen LogP contribution in [0.4, 0.5) is 0 Å². The summed E-state index contributed by atoms with van der Waals surface area (Å²) >= 11 is 0. The average Bonchev–Trinajstić information content (AvgIpc) is 2.16. The number of hydrogen-bond donors (Lipinski definition) is 1. The van der Waals surface area contributed by atoms with Crippen LogP contribution in [0.1, 0.15) is 45.4 Å². The highest BCUT2D eigenvalue weighted by Crippen LogP contribution is 2.10. The van der Waals surface area contributed by atoms with Gasteiger partial charge in [0.15, 0.2) is 0 Å². The molecule has 0 fully saturated rings. The Morgan fingerprint density at radius 3 is 3.08 bits per heavy atom. The molecule has 0 bridgehead atoms. The smallest absolute Gasteiger partial charge is 0.0593 e. The van der Waals surface area contributed by atoms with Crippen molar-refractivity contribution in [3.05, 3.63) is 0 Å². The van der Waals surface area contributed by atoms with E-state index in [1.807, 2.05) is 6.21 Å². The molecular weight excluding hydrogens is 164 g/mol. The number of rotatable bonds is 5. The molecule has 1 aliphatic heterocycles. The Hall–Kier alpha value is -0.700. The number of nitrogens with zero attached hydrogens (tertiary/aromatic N) is 2. The van der Waals surface area contributed by atoms with Crippen molar-refractivity contribution in [1.82, 2.24) is 0 Å². The molecule has 1 unspecified atom stereocenters. The molecule has 1 rings (SSSR count). The highest BCUT2D eigenvalue weighted by atomic mass is 16.3. The lowest BCUT2D eigenvalue weighted by atomic mass is 10.0. The highest BCUT2D eigenvalue weighted by molar-refractivity contribution is 5.88. The normalized spacial score (nSPS) is 18.5. The van der Waals surface area contributed by atoms with Crippen molar-refractivity contribution in [1.29, 1.82) is 0 Å². The first-order chi connectivity index (χ1) is 6.33. The molecule has 1 heterocycles. The maximum atomic E-state index is 9.60. The molecule has 0 aromatic heterocycles. The van der Waals surface area contributed by atoms with Crippen molar-refractivity contribution in [3.8, 4) is 0 Å². The molecule has 13 heavy (non-hydrogen) atoms. The van der Waals surface area contributed by atoms with Crippen LogP contribution in [0.5, 0.6) is 0 Å². The summed E-state index contributed by atoms with van der Waals surface area (Å²) in [4.78, 5) is 0. The first-order valence-corrected chi connectivity index (χ1v) is 5.08. The molecule has 0 radical (unpaired) electrons. The third kappa shape index (κ3) is 4.18. The third-order valence-electron chi connectivity index (χ3n) is 2.20. The zero-order chi connectivity index (χ0) is 9.52. The summed E-state index contributed by atoms with van der Waals surface area (Å²) in [6.45, 7) is 2.13. The van der Waals surface area contributed by atoms with E-state index in [-0.39, 0.29) is 6.10 Å². The van der Waals surface area contributed by atoms with Crippen LogP contribution >= 0.6 is 0 Å². The van der Waals surface area contributed by atoms with E-state index in [4.69, 9.17) is 0 Å². The Morgan fingerprint density at radius 2 is 2.46 bits per heavy atom. The Balaban J connectivity index is 2.22. The van der Waals surface area contributed by atoms with Gasteiger partial charge >= 0.3 is 0 Å². The van der Waals surface area contributed by atoms with E-state index in [2.05, 4.69) is 17.1 Å². The number of aliphatic hydroxyl groups excluding tert-OH is 1. The van der Waals surface area contributed by atoms with Crippen LogP contribution in [0, 0.1) is 0 Å². The molecular formula is C10H18N2O. The second-order valence-corrected chi connectivity index (χ2v) is 3.50. The minimum Gasteiger partial charge on any atom is -0.393 e. The Labute approximate surface area is 79.6 Å². The topological polar surface area (TPSA) is 45.0 Å². The van der Waals surface area contributed by atoms with E-state index >= 15 is 0 Å². The molecule has 1 N–H and O–H groups in total. The number of aliphatic hydroxyl groups is 1. The van der Waals surface area contributed by atoms with Crippen molar-refractivity contribution in [2.24, 2.45) is 10.2 Å². The van der Waals surface area contributed by atoms with Crippen molar-refractivity contribution >= 4 is 11.9 Å². The van der Waals surface area contributed by atoms with Crippen LogP contribution in [0.25, 0.3) is 0 Å². The van der Waals surface area contributed by atoms with Gasteiger partial charge in [-0.25, -0.2) is 0 Å². The lowest BCUT2D eigenvalue weighted by Crippen LogP contribution is -2.14. The fourth-order valence-corrected chi connectivity index (χ4v) is 1.42. The van der Waals surface area contributed by atoms with Gasteiger partial charge in [0, 0.05) is 18.3 Å². The summed E-state index contributed by atoms with van der Waals surface area (Å²) in [5.74, 6) is 0. The standard InChI is InChI=1S/C10H18N2O/c1-2-3-6-10(13)8-9-5-4-7-11-12-9/h7,10,13H,2-6,8H2,1H3. The summed E-state index contributed by atoms with van der Waals surface area (Å²) in [6.07, 6.45) is 7.37. The van der Waals surface area contributed by atoms with Gasteiger partial charge < -0.3 is 5.11 Å². The quantitative estimate of drug-likeness (QED) is 0.695. The average molecular weight is 182 g/mol. The third-order valence-corrected chi connectivity index (χ3v) is 2.20. The van der Waals surface area contributed by atoms with E-state index in [9.17, 15) is 5.11 Å². The van der Waals surface area contributed by atoms with Crippen molar-refractivity contribution < 1.29 is 5.11 Å². The van der Waals surface area contributed by atoms with Crippen molar-refractivity contribution in [3.63, 3.8) is 0 Å². The summed E-state index contributed by atoms with van der Waals surface area (Å²) in [7, 11) is 0. The Bertz CT molecular complexity index is 199. The zero-order valence-electron chi connectivity index (χ0n) is 8.24. The second kappa shape index (κ2) is 5.86. The molecule has 1 aliphatic rings. The van der Waals surface area contributed by atoms with Crippen LogP contribution in [-0.2, 0) is 0 Å². The largest absolute Gasteiger partial charge is 0.393 e. The van der Waals surface area contributed by atoms with E-state index in [1.54, 1.807) is 0 Å². The van der Waals surface area contributed by atoms with Crippen LogP contribution in [-0.4, -0.2) is 23.1 Å². The zero-order valence-corrected chi connectivity index (χ0v) is 8.24. The van der Waals surface area contributed by atoms with E-state index in [0.717, 1.165) is 37.8 Å². The monoisotopic (exact) mass is 182 g/mol. The van der Waals surface area contributed by atoms with Gasteiger partial charge in [0.25, 0.3) is 0 Å². The molecule has 74 valence electrons. The molecule has 0 aromatic carbocycles. The second-order valence-electron chi connectivity index (χ2n) is 3.50. The van der Waals surface area contributed by atoms with Crippen LogP contribution in [0.3, 0.4) is 0 Å². The van der Waals surface area contributed by atoms with E-state index in [1.165, 1.54) is 0 Å². The first-order valence-electron chi connectivity index (χ1n) is 5.08. The van der Waals surface area contributed by atoms with Gasteiger partial charge in [0.1, 0.15) is 0 Å². The molecule has 0 spiro atoms. The predicted molar refractivity (Wildman–Crippen MR) is 55.3 cm³/mol. The summed E-state index contributed by atoms with van der Waals surface area (Å²) in [6, 6.07) is 0. The van der Waals surface area contributed by atoms with Gasteiger partial charge in [-0.05, 0) is 19.3 Å². The fourth-order valence-electron chi connectivity index (χ4n) is 1.42. The van der Waals surface area contributed by atoms with Gasteiger partial charge in [-0.15, -0.1) is 0 Å². The van der Waals surface area contributed by atoms with Crippen LogP contribution in [0.2, 0.25) is 0 Å². The highest BCUT2D eigenvalue weighted by Gasteiger charge is 2.09. The lowest BCUT2D eigenvalue weighted by molar-refractivity contribution is 0.168. The van der Waals surface area contributed by atoms with E-state index < -0.39 is 0 Å². The van der Waals surface area contributed by atoms with Gasteiger partial charge in [0.05, 0.1) is 6.10 Å². The van der Waals surface area contributed by atoms with Gasteiger partial charge in [-0.1, -0.05) is 19.8 Å². The summed E-state index contributed by atoms with van der Waals surface area (Å²) < 4.78 is 0. The molecule has 0 saturated carbocycles.